The average molecular weight is 546 g/mol. The maximum absolute atomic E-state index is 13.1. The van der Waals surface area contributed by atoms with E-state index in [-0.39, 0.29) is 11.9 Å². The lowest BCUT2D eigenvalue weighted by molar-refractivity contribution is 0.248. The highest BCUT2D eigenvalue weighted by molar-refractivity contribution is 6.14. The standard InChI is InChI=1S/C28H35N9O3/c1-2-39-21-9-7-20(8-10-21)34-14-11-33(12-15-34)13-16-35-27-31-26-25(37(27)32-28(35)38)24(22-4-3-17-40-22)30-23(36(26)29)18-19-5-6-19/h3-4,7-10,17,19,23H,2,5-6,11-16,18,29H2,1H3,(H,32,38). The van der Waals surface area contributed by atoms with Gasteiger partial charge in [-0.25, -0.2) is 20.3 Å². The molecule has 1 saturated carbocycles. The molecule has 40 heavy (non-hydrogen) atoms. The zero-order valence-corrected chi connectivity index (χ0v) is 22.7. The molecule has 210 valence electrons. The van der Waals surface area contributed by atoms with Gasteiger partial charge in [0.25, 0.3) is 0 Å². The van der Waals surface area contributed by atoms with Crippen LogP contribution in [0.3, 0.4) is 0 Å². The number of nitrogens with two attached hydrogens (primary N) is 1. The van der Waals surface area contributed by atoms with E-state index in [1.54, 1.807) is 20.4 Å². The summed E-state index contributed by atoms with van der Waals surface area (Å²) < 4.78 is 14.7. The highest BCUT2D eigenvalue weighted by Crippen LogP contribution is 2.38. The summed E-state index contributed by atoms with van der Waals surface area (Å²) in [4.78, 5) is 27.7. The number of hydrazine groups is 1. The number of piperazine rings is 1. The molecule has 2 aliphatic heterocycles. The number of aliphatic imine (C=N–C) groups is 1. The number of rotatable bonds is 9. The van der Waals surface area contributed by atoms with E-state index in [2.05, 4.69) is 27.0 Å². The Labute approximate surface area is 231 Å². The monoisotopic (exact) mass is 545 g/mol. The number of nitrogens with one attached hydrogen (secondary N) is 1. The highest BCUT2D eigenvalue weighted by Gasteiger charge is 2.37. The number of nitrogens with zero attached hydrogens (tertiary/aromatic N) is 7. The van der Waals surface area contributed by atoms with Gasteiger partial charge in [0.1, 0.15) is 23.3 Å². The molecule has 3 aromatic heterocycles. The summed E-state index contributed by atoms with van der Waals surface area (Å²) in [5.74, 6) is 9.88. The minimum Gasteiger partial charge on any atom is -0.494 e. The molecular weight excluding hydrogens is 510 g/mol. The molecule has 1 aliphatic carbocycles. The predicted molar refractivity (Wildman–Crippen MR) is 152 cm³/mol. The van der Waals surface area contributed by atoms with Gasteiger partial charge in [-0.1, -0.05) is 12.8 Å². The van der Waals surface area contributed by atoms with Crippen molar-refractivity contribution in [1.82, 2.24) is 24.1 Å². The SMILES string of the molecule is CCOc1ccc(N2CCN(CCn3c(=O)[nH]n4c5c(nc34)N(N)C(CC3CC3)N=C5c3ccco3)CC2)cc1. The third kappa shape index (κ3) is 4.56. The van der Waals surface area contributed by atoms with Gasteiger partial charge in [0.05, 0.1) is 12.9 Å². The third-order valence-electron chi connectivity index (χ3n) is 8.12. The molecule has 1 unspecified atom stereocenters. The number of aromatic nitrogens is 4. The lowest BCUT2D eigenvalue weighted by Gasteiger charge is -2.36. The van der Waals surface area contributed by atoms with Crippen molar-refractivity contribution < 1.29 is 9.15 Å². The first-order valence-electron chi connectivity index (χ1n) is 14.2. The Hall–Kier alpha value is -4.03. The second-order valence-electron chi connectivity index (χ2n) is 10.8. The van der Waals surface area contributed by atoms with E-state index in [0.717, 1.165) is 44.9 Å². The molecule has 12 nitrogen and oxygen atoms in total. The zero-order valence-electron chi connectivity index (χ0n) is 22.7. The van der Waals surface area contributed by atoms with E-state index in [1.165, 1.54) is 18.5 Å². The molecule has 12 heteroatoms. The number of hydrogen-bond acceptors (Lipinski definition) is 9. The van der Waals surface area contributed by atoms with Gasteiger partial charge in [0, 0.05) is 45.0 Å². The highest BCUT2D eigenvalue weighted by atomic mass is 16.5. The summed E-state index contributed by atoms with van der Waals surface area (Å²) >= 11 is 0. The van der Waals surface area contributed by atoms with Crippen LogP contribution < -0.4 is 26.2 Å². The lowest BCUT2D eigenvalue weighted by Crippen LogP contribution is -2.47. The van der Waals surface area contributed by atoms with Crippen molar-refractivity contribution >= 4 is 23.0 Å². The first-order valence-corrected chi connectivity index (χ1v) is 14.2. The van der Waals surface area contributed by atoms with Crippen molar-refractivity contribution in [3.63, 3.8) is 0 Å². The van der Waals surface area contributed by atoms with Crippen LogP contribution >= 0.6 is 0 Å². The largest absolute Gasteiger partial charge is 0.494 e. The second kappa shape index (κ2) is 10.2. The number of furan rings is 1. The van der Waals surface area contributed by atoms with E-state index in [0.29, 0.717) is 47.8 Å². The van der Waals surface area contributed by atoms with Gasteiger partial charge in [0.2, 0.25) is 5.78 Å². The van der Waals surface area contributed by atoms with E-state index in [1.807, 2.05) is 31.2 Å². The Balaban J connectivity index is 1.08. The summed E-state index contributed by atoms with van der Waals surface area (Å²) in [6.07, 6.45) is 4.71. The minimum absolute atomic E-state index is 0.208. The van der Waals surface area contributed by atoms with Gasteiger partial charge >= 0.3 is 5.69 Å². The fraction of sp³-hybridized carbons (Fsp3) is 0.464. The van der Waals surface area contributed by atoms with Crippen LogP contribution in [0, 0.1) is 5.92 Å². The van der Waals surface area contributed by atoms with Crippen LogP contribution in [0.1, 0.15) is 37.6 Å². The summed E-state index contributed by atoms with van der Waals surface area (Å²) in [5.41, 5.74) is 2.31. The molecule has 3 N–H and O–H groups in total. The van der Waals surface area contributed by atoms with E-state index < -0.39 is 0 Å². The fourth-order valence-corrected chi connectivity index (χ4v) is 5.74. The molecule has 1 atom stereocenters. The Morgan fingerprint density at radius 3 is 2.60 bits per heavy atom. The third-order valence-corrected chi connectivity index (χ3v) is 8.12. The molecule has 5 heterocycles. The number of H-pyrrole nitrogens is 1. The van der Waals surface area contributed by atoms with Gasteiger partial charge in [-0.05, 0) is 55.7 Å². The maximum atomic E-state index is 13.1. The van der Waals surface area contributed by atoms with Crippen LogP contribution in [-0.2, 0) is 6.54 Å². The van der Waals surface area contributed by atoms with Crippen molar-refractivity contribution in [3.05, 3.63) is 64.6 Å². The van der Waals surface area contributed by atoms with Crippen molar-refractivity contribution in [2.45, 2.75) is 38.9 Å². The van der Waals surface area contributed by atoms with Gasteiger partial charge in [-0.15, -0.1) is 0 Å². The smallest absolute Gasteiger partial charge is 0.343 e. The number of ether oxygens (including phenoxy) is 1. The molecule has 0 bridgehead atoms. The summed E-state index contributed by atoms with van der Waals surface area (Å²) in [5, 5.41) is 4.61. The molecule has 0 amide bonds. The number of imidazole rings is 1. The van der Waals surface area contributed by atoms with Gasteiger partial charge < -0.3 is 14.1 Å². The lowest BCUT2D eigenvalue weighted by atomic mass is 10.1. The Kier molecular flexibility index (Phi) is 6.35. The topological polar surface area (TPSA) is 126 Å². The molecule has 0 spiro atoms. The molecule has 4 aromatic rings. The van der Waals surface area contributed by atoms with Crippen molar-refractivity contribution in [1.29, 1.82) is 0 Å². The van der Waals surface area contributed by atoms with Gasteiger partial charge in [0.15, 0.2) is 11.6 Å². The molecule has 1 aromatic carbocycles. The minimum atomic E-state index is -0.216. The summed E-state index contributed by atoms with van der Waals surface area (Å²) in [6, 6.07) is 12.0. The van der Waals surface area contributed by atoms with Crippen LogP contribution in [0.2, 0.25) is 0 Å². The average Bonchev–Trinajstić information content (AvgIpc) is 3.34. The number of fused-ring (bicyclic) bond motifs is 3. The van der Waals surface area contributed by atoms with E-state index in [9.17, 15) is 4.79 Å². The molecular formula is C28H35N9O3. The molecule has 1 saturated heterocycles. The maximum Gasteiger partial charge on any atom is 0.343 e. The summed E-state index contributed by atoms with van der Waals surface area (Å²) in [7, 11) is 0. The van der Waals surface area contributed by atoms with Crippen molar-refractivity contribution in [3.8, 4) is 5.75 Å². The normalized spacial score (nSPS) is 19.8. The Morgan fingerprint density at radius 1 is 1.10 bits per heavy atom. The molecule has 0 radical (unpaired) electrons. The van der Waals surface area contributed by atoms with Crippen LogP contribution in [-0.4, -0.2) is 75.3 Å². The first kappa shape index (κ1) is 25.0. The number of anilines is 2. The molecule has 2 fully saturated rings. The Bertz CT molecular complexity index is 1550. The van der Waals surface area contributed by atoms with Gasteiger partial charge in [-0.3, -0.25) is 19.5 Å². The van der Waals surface area contributed by atoms with Crippen LogP contribution in [0.25, 0.3) is 5.78 Å². The zero-order chi connectivity index (χ0) is 27.2. The number of aromatic amines is 1. The quantitative estimate of drug-likeness (QED) is 0.307. The molecule has 7 rings (SSSR count). The molecule has 3 aliphatic rings. The predicted octanol–water partition coefficient (Wildman–Crippen LogP) is 2.30. The van der Waals surface area contributed by atoms with E-state index >= 15 is 0 Å². The summed E-state index contributed by atoms with van der Waals surface area (Å²) in [6.45, 7) is 7.62. The van der Waals surface area contributed by atoms with Crippen LogP contribution in [0.5, 0.6) is 5.75 Å². The van der Waals surface area contributed by atoms with Crippen LogP contribution in [0.4, 0.5) is 11.5 Å². The van der Waals surface area contributed by atoms with Crippen molar-refractivity contribution in [2.75, 3.05) is 49.2 Å². The first-order chi connectivity index (χ1) is 19.6. The fourth-order valence-electron chi connectivity index (χ4n) is 5.74. The van der Waals surface area contributed by atoms with Crippen molar-refractivity contribution in [2.24, 2.45) is 16.8 Å². The van der Waals surface area contributed by atoms with E-state index in [4.69, 9.17) is 25.0 Å². The number of benzene rings is 1. The van der Waals surface area contributed by atoms with Crippen LogP contribution in [0.15, 0.2) is 56.9 Å². The van der Waals surface area contributed by atoms with Gasteiger partial charge in [-0.2, -0.15) is 4.98 Å². The Morgan fingerprint density at radius 2 is 1.90 bits per heavy atom. The number of hydrogen-bond donors (Lipinski definition) is 2. The second-order valence-corrected chi connectivity index (χ2v) is 10.8.